The average Bonchev–Trinajstić information content (AvgIpc) is 2.52. The minimum Gasteiger partial charge on any atom is -0.493 e. The Hall–Kier alpha value is -1.86. The van der Waals surface area contributed by atoms with E-state index in [0.29, 0.717) is 11.5 Å². The summed E-state index contributed by atoms with van der Waals surface area (Å²) in [6.07, 6.45) is 0. The number of benzene rings is 1. The lowest BCUT2D eigenvalue weighted by Gasteiger charge is -2.34. The van der Waals surface area contributed by atoms with Crippen LogP contribution in [0.1, 0.15) is 5.56 Å². The lowest BCUT2D eigenvalue weighted by atomic mass is 10.1. The fourth-order valence-corrected chi connectivity index (χ4v) is 2.57. The predicted molar refractivity (Wildman–Crippen MR) is 88.5 cm³/mol. The monoisotopic (exact) mass is 323 g/mol. The summed E-state index contributed by atoms with van der Waals surface area (Å²) in [5.41, 5.74) is 5.99. The summed E-state index contributed by atoms with van der Waals surface area (Å²) in [6, 6.07) is 5.45. The Bertz CT molecular complexity index is 557. The van der Waals surface area contributed by atoms with Crippen LogP contribution in [0, 0.1) is 0 Å². The number of hydrogen-bond acceptors (Lipinski definition) is 5. The van der Waals surface area contributed by atoms with Crippen molar-refractivity contribution in [3.05, 3.63) is 23.8 Å². The second kappa shape index (κ2) is 7.42. The highest BCUT2D eigenvalue weighted by molar-refractivity contribution is 7.80. The van der Waals surface area contributed by atoms with E-state index in [2.05, 4.69) is 16.8 Å². The number of thiocarbonyl (C=S) groups is 1. The fourth-order valence-electron chi connectivity index (χ4n) is 2.26. The van der Waals surface area contributed by atoms with Crippen LogP contribution < -0.4 is 15.2 Å². The molecule has 0 radical (unpaired) electrons. The van der Waals surface area contributed by atoms with Gasteiger partial charge in [0, 0.05) is 31.7 Å². The molecule has 1 heterocycles. The van der Waals surface area contributed by atoms with E-state index in [1.165, 1.54) is 0 Å². The minimum atomic E-state index is -0.529. The third-order valence-electron chi connectivity index (χ3n) is 3.57. The number of likely N-dealkylation sites (N-methyl/N-ethyl adjacent to an activating group) is 1. The molecule has 0 aromatic heterocycles. The van der Waals surface area contributed by atoms with Crippen molar-refractivity contribution in [2.75, 3.05) is 46.9 Å². The summed E-state index contributed by atoms with van der Waals surface area (Å²) < 4.78 is 10.6. The summed E-state index contributed by atoms with van der Waals surface area (Å²) in [5, 5.41) is 0. The molecule has 0 aliphatic carbocycles. The molecule has 22 heavy (non-hydrogen) atoms. The number of amides is 1. The lowest BCUT2D eigenvalue weighted by molar-refractivity contribution is -0.119. The van der Waals surface area contributed by atoms with Gasteiger partial charge in [-0.1, -0.05) is 12.2 Å². The second-order valence-electron chi connectivity index (χ2n) is 5.22. The largest absolute Gasteiger partial charge is 0.493 e. The number of nitrogens with two attached hydrogens (primary N) is 1. The zero-order chi connectivity index (χ0) is 16.1. The molecule has 1 amide bonds. The summed E-state index contributed by atoms with van der Waals surface area (Å²) in [4.78, 5) is 16.1. The molecule has 1 fully saturated rings. The van der Waals surface area contributed by atoms with Crippen LogP contribution in [0.4, 0.5) is 0 Å². The standard InChI is InChI=1S/C15H21N3O3S/c1-17-5-7-18(8-6-17)15(22)11-3-4-12(13(9-11)20-2)21-10-14(16)19/h3-4,9H,5-8,10H2,1-2H3,(H2,16,19). The number of hydrogen-bond donors (Lipinski definition) is 1. The van der Waals surface area contributed by atoms with E-state index < -0.39 is 5.91 Å². The zero-order valence-corrected chi connectivity index (χ0v) is 13.7. The lowest BCUT2D eigenvalue weighted by Crippen LogP contribution is -2.46. The predicted octanol–water partition coefficient (Wildman–Crippen LogP) is 0.482. The molecule has 1 aliphatic rings. The van der Waals surface area contributed by atoms with Crippen LogP contribution >= 0.6 is 12.2 Å². The van der Waals surface area contributed by atoms with Gasteiger partial charge in [0.25, 0.3) is 5.91 Å². The van der Waals surface area contributed by atoms with Crippen LogP contribution in [-0.2, 0) is 4.79 Å². The van der Waals surface area contributed by atoms with Gasteiger partial charge in [-0.05, 0) is 25.2 Å². The maximum atomic E-state index is 10.8. The van der Waals surface area contributed by atoms with Gasteiger partial charge in [-0.2, -0.15) is 0 Å². The number of carbonyl (C=O) groups is 1. The first-order valence-corrected chi connectivity index (χ1v) is 7.49. The zero-order valence-electron chi connectivity index (χ0n) is 12.9. The minimum absolute atomic E-state index is 0.182. The molecule has 2 rings (SSSR count). The van der Waals surface area contributed by atoms with Gasteiger partial charge >= 0.3 is 0 Å². The van der Waals surface area contributed by atoms with Crippen molar-refractivity contribution in [3.63, 3.8) is 0 Å². The van der Waals surface area contributed by atoms with Gasteiger partial charge in [0.1, 0.15) is 4.99 Å². The van der Waals surface area contributed by atoms with Gasteiger partial charge in [0.05, 0.1) is 7.11 Å². The molecule has 120 valence electrons. The van der Waals surface area contributed by atoms with Crippen molar-refractivity contribution in [1.82, 2.24) is 9.80 Å². The highest BCUT2D eigenvalue weighted by Gasteiger charge is 2.18. The van der Waals surface area contributed by atoms with Crippen LogP contribution in [0.5, 0.6) is 11.5 Å². The summed E-state index contributed by atoms with van der Waals surface area (Å²) in [6.45, 7) is 3.64. The van der Waals surface area contributed by atoms with Crippen molar-refractivity contribution in [1.29, 1.82) is 0 Å². The number of primary amides is 1. The molecule has 0 saturated carbocycles. The molecule has 2 N–H and O–H groups in total. The Morgan fingerprint density at radius 1 is 1.27 bits per heavy atom. The molecule has 6 nitrogen and oxygen atoms in total. The Morgan fingerprint density at radius 2 is 1.95 bits per heavy atom. The summed E-state index contributed by atoms with van der Waals surface area (Å²) in [7, 11) is 3.66. The third kappa shape index (κ3) is 4.08. The van der Waals surface area contributed by atoms with Crippen LogP contribution in [0.3, 0.4) is 0 Å². The average molecular weight is 323 g/mol. The van der Waals surface area contributed by atoms with E-state index in [0.717, 1.165) is 36.7 Å². The van der Waals surface area contributed by atoms with Crippen LogP contribution in [0.25, 0.3) is 0 Å². The molecule has 0 bridgehead atoms. The quantitative estimate of drug-likeness (QED) is 0.795. The highest BCUT2D eigenvalue weighted by atomic mass is 32.1. The van der Waals surface area contributed by atoms with Gasteiger partial charge in [0.15, 0.2) is 18.1 Å². The molecule has 1 saturated heterocycles. The first-order valence-electron chi connectivity index (χ1n) is 7.08. The van der Waals surface area contributed by atoms with E-state index in [9.17, 15) is 4.79 Å². The van der Waals surface area contributed by atoms with Crippen molar-refractivity contribution in [3.8, 4) is 11.5 Å². The van der Waals surface area contributed by atoms with Crippen LogP contribution in [-0.4, -0.2) is 67.6 Å². The molecule has 0 atom stereocenters. The Balaban J connectivity index is 2.11. The maximum absolute atomic E-state index is 10.8. The molecule has 7 heteroatoms. The Labute approximate surface area is 135 Å². The first kappa shape index (κ1) is 16.5. The first-order chi connectivity index (χ1) is 10.5. The number of carbonyl (C=O) groups excluding carboxylic acids is 1. The summed E-state index contributed by atoms with van der Waals surface area (Å²) >= 11 is 5.57. The van der Waals surface area contributed by atoms with E-state index >= 15 is 0 Å². The topological polar surface area (TPSA) is 68.0 Å². The fraction of sp³-hybridized carbons (Fsp3) is 0.467. The van der Waals surface area contributed by atoms with Crippen molar-refractivity contribution >= 4 is 23.1 Å². The number of ether oxygens (including phenoxy) is 2. The van der Waals surface area contributed by atoms with Gasteiger partial charge in [-0.15, -0.1) is 0 Å². The van der Waals surface area contributed by atoms with Crippen molar-refractivity contribution in [2.24, 2.45) is 5.73 Å². The van der Waals surface area contributed by atoms with Crippen molar-refractivity contribution < 1.29 is 14.3 Å². The molecule has 1 aromatic carbocycles. The van der Waals surface area contributed by atoms with E-state index in [1.54, 1.807) is 13.2 Å². The summed E-state index contributed by atoms with van der Waals surface area (Å²) in [5.74, 6) is 0.487. The van der Waals surface area contributed by atoms with Crippen LogP contribution in [0.15, 0.2) is 18.2 Å². The number of nitrogens with zero attached hydrogens (tertiary/aromatic N) is 2. The molecular formula is C15H21N3O3S. The van der Waals surface area contributed by atoms with Gasteiger partial charge in [-0.25, -0.2) is 0 Å². The smallest absolute Gasteiger partial charge is 0.255 e. The van der Waals surface area contributed by atoms with Gasteiger partial charge in [-0.3, -0.25) is 4.79 Å². The third-order valence-corrected chi connectivity index (χ3v) is 4.06. The highest BCUT2D eigenvalue weighted by Crippen LogP contribution is 2.28. The number of methoxy groups -OCH3 is 1. The normalized spacial score (nSPS) is 15.5. The molecule has 0 unspecified atom stereocenters. The van der Waals surface area contributed by atoms with Gasteiger partial charge in [0.2, 0.25) is 0 Å². The molecule has 0 spiro atoms. The Morgan fingerprint density at radius 3 is 2.55 bits per heavy atom. The maximum Gasteiger partial charge on any atom is 0.255 e. The van der Waals surface area contributed by atoms with Crippen LogP contribution in [0.2, 0.25) is 0 Å². The SMILES string of the molecule is COc1cc(C(=S)N2CCN(C)CC2)ccc1OCC(N)=O. The molecular weight excluding hydrogens is 302 g/mol. The second-order valence-corrected chi connectivity index (χ2v) is 5.60. The molecule has 1 aliphatic heterocycles. The molecule has 1 aromatic rings. The van der Waals surface area contributed by atoms with E-state index in [4.69, 9.17) is 27.4 Å². The van der Waals surface area contributed by atoms with Gasteiger partial charge < -0.3 is 25.0 Å². The van der Waals surface area contributed by atoms with Crippen molar-refractivity contribution in [2.45, 2.75) is 0 Å². The Kier molecular flexibility index (Phi) is 5.57. The number of rotatable bonds is 5. The van der Waals surface area contributed by atoms with E-state index in [-0.39, 0.29) is 6.61 Å². The van der Waals surface area contributed by atoms with E-state index in [1.807, 2.05) is 12.1 Å². The number of piperazine rings is 1.